The average Bonchev–Trinajstić information content (AvgIpc) is 2.22. The summed E-state index contributed by atoms with van der Waals surface area (Å²) in [5.74, 6) is -0.884. The number of amides is 1. The SMILES string of the molecule is CC(C)(CN)C(=O)Nc1ccc(Cl)cc1F. The normalized spacial score (nSPS) is 11.3. The predicted molar refractivity (Wildman–Crippen MR) is 62.9 cm³/mol. The molecule has 0 bridgehead atoms. The molecule has 0 unspecified atom stereocenters. The summed E-state index contributed by atoms with van der Waals surface area (Å²) in [5.41, 5.74) is 4.82. The van der Waals surface area contributed by atoms with E-state index in [1.165, 1.54) is 12.1 Å². The molecule has 3 N–H and O–H groups in total. The van der Waals surface area contributed by atoms with Crippen molar-refractivity contribution in [1.29, 1.82) is 0 Å². The average molecular weight is 245 g/mol. The molecule has 1 aromatic rings. The van der Waals surface area contributed by atoms with Crippen LogP contribution in [0.25, 0.3) is 0 Å². The second kappa shape index (κ2) is 4.80. The number of carbonyl (C=O) groups is 1. The molecule has 0 aromatic heterocycles. The molecule has 0 aliphatic rings. The van der Waals surface area contributed by atoms with Gasteiger partial charge in [0.1, 0.15) is 5.82 Å². The number of carbonyl (C=O) groups excluding carboxylic acids is 1. The summed E-state index contributed by atoms with van der Waals surface area (Å²) in [5, 5.41) is 2.76. The molecule has 88 valence electrons. The van der Waals surface area contributed by atoms with E-state index in [1.807, 2.05) is 0 Å². The van der Waals surface area contributed by atoms with Gasteiger partial charge >= 0.3 is 0 Å². The number of halogens is 2. The zero-order chi connectivity index (χ0) is 12.3. The minimum atomic E-state index is -0.730. The molecule has 1 amide bonds. The molecule has 0 aliphatic heterocycles. The van der Waals surface area contributed by atoms with Gasteiger partial charge in [0.25, 0.3) is 0 Å². The van der Waals surface area contributed by atoms with E-state index in [2.05, 4.69) is 5.32 Å². The minimum Gasteiger partial charge on any atom is -0.329 e. The molecular formula is C11H14ClFN2O. The smallest absolute Gasteiger partial charge is 0.231 e. The van der Waals surface area contributed by atoms with Crippen LogP contribution in [0.2, 0.25) is 5.02 Å². The summed E-state index contributed by atoms with van der Waals surface area (Å²) in [7, 11) is 0. The van der Waals surface area contributed by atoms with Gasteiger partial charge in [0.05, 0.1) is 11.1 Å². The van der Waals surface area contributed by atoms with Crippen LogP contribution < -0.4 is 11.1 Å². The highest BCUT2D eigenvalue weighted by atomic mass is 35.5. The Morgan fingerprint density at radius 1 is 1.56 bits per heavy atom. The van der Waals surface area contributed by atoms with Crippen LogP contribution in [0.15, 0.2) is 18.2 Å². The number of anilines is 1. The lowest BCUT2D eigenvalue weighted by molar-refractivity contribution is -0.123. The largest absolute Gasteiger partial charge is 0.329 e. The van der Waals surface area contributed by atoms with Gasteiger partial charge in [-0.3, -0.25) is 4.79 Å². The van der Waals surface area contributed by atoms with Crippen LogP contribution in [0.4, 0.5) is 10.1 Å². The topological polar surface area (TPSA) is 55.1 Å². The fourth-order valence-electron chi connectivity index (χ4n) is 0.975. The fraction of sp³-hybridized carbons (Fsp3) is 0.364. The quantitative estimate of drug-likeness (QED) is 0.858. The second-order valence-corrected chi connectivity index (χ2v) is 4.60. The highest BCUT2D eigenvalue weighted by molar-refractivity contribution is 6.30. The Bertz CT molecular complexity index is 407. The van der Waals surface area contributed by atoms with Gasteiger partial charge in [-0.2, -0.15) is 0 Å². The van der Waals surface area contributed by atoms with Crippen molar-refractivity contribution in [1.82, 2.24) is 0 Å². The van der Waals surface area contributed by atoms with Crippen LogP contribution in [0, 0.1) is 11.2 Å². The number of hydrogen-bond acceptors (Lipinski definition) is 2. The zero-order valence-electron chi connectivity index (χ0n) is 9.18. The molecule has 1 rings (SSSR count). The molecular weight excluding hydrogens is 231 g/mol. The van der Waals surface area contributed by atoms with Crippen LogP contribution in [-0.4, -0.2) is 12.5 Å². The van der Waals surface area contributed by atoms with Gasteiger partial charge in [0.15, 0.2) is 0 Å². The van der Waals surface area contributed by atoms with Gasteiger partial charge < -0.3 is 11.1 Å². The second-order valence-electron chi connectivity index (χ2n) is 4.17. The van der Waals surface area contributed by atoms with Crippen molar-refractivity contribution in [3.05, 3.63) is 29.0 Å². The van der Waals surface area contributed by atoms with E-state index in [4.69, 9.17) is 17.3 Å². The third-order valence-corrected chi connectivity index (χ3v) is 2.54. The maximum atomic E-state index is 13.4. The number of hydrogen-bond donors (Lipinski definition) is 2. The van der Waals surface area contributed by atoms with Crippen LogP contribution in [0.5, 0.6) is 0 Å². The first-order valence-electron chi connectivity index (χ1n) is 4.83. The molecule has 0 radical (unpaired) electrons. The fourth-order valence-corrected chi connectivity index (χ4v) is 1.13. The highest BCUT2D eigenvalue weighted by Gasteiger charge is 2.26. The Morgan fingerprint density at radius 2 is 2.19 bits per heavy atom. The first kappa shape index (κ1) is 12.9. The Morgan fingerprint density at radius 3 is 2.69 bits per heavy atom. The van der Waals surface area contributed by atoms with Gasteiger partial charge in [0, 0.05) is 11.6 Å². The lowest BCUT2D eigenvalue weighted by Crippen LogP contribution is -2.37. The van der Waals surface area contributed by atoms with E-state index in [-0.39, 0.29) is 23.2 Å². The summed E-state index contributed by atoms with van der Waals surface area (Å²) in [6.45, 7) is 3.57. The molecule has 0 spiro atoms. The summed E-state index contributed by atoms with van der Waals surface area (Å²) in [6.07, 6.45) is 0. The maximum absolute atomic E-state index is 13.4. The van der Waals surface area contributed by atoms with Crippen molar-refractivity contribution in [2.45, 2.75) is 13.8 Å². The first-order chi connectivity index (χ1) is 7.36. The third-order valence-electron chi connectivity index (χ3n) is 2.30. The minimum absolute atomic E-state index is 0.107. The lowest BCUT2D eigenvalue weighted by atomic mass is 9.92. The predicted octanol–water partition coefficient (Wildman–Crippen LogP) is 2.40. The van der Waals surface area contributed by atoms with Gasteiger partial charge in [-0.25, -0.2) is 4.39 Å². The molecule has 5 heteroatoms. The van der Waals surface area contributed by atoms with Gasteiger partial charge in [-0.05, 0) is 32.0 Å². The molecule has 0 atom stereocenters. The van der Waals surface area contributed by atoms with E-state index < -0.39 is 11.2 Å². The molecule has 3 nitrogen and oxygen atoms in total. The van der Waals surface area contributed by atoms with E-state index >= 15 is 0 Å². The monoisotopic (exact) mass is 244 g/mol. The molecule has 16 heavy (non-hydrogen) atoms. The van der Waals surface area contributed by atoms with E-state index in [1.54, 1.807) is 13.8 Å². The lowest BCUT2D eigenvalue weighted by Gasteiger charge is -2.21. The summed E-state index contributed by atoms with van der Waals surface area (Å²) >= 11 is 5.60. The van der Waals surface area contributed by atoms with Crippen molar-refractivity contribution >= 4 is 23.2 Å². The van der Waals surface area contributed by atoms with Crippen molar-refractivity contribution < 1.29 is 9.18 Å². The Labute approximate surface area is 98.8 Å². The highest BCUT2D eigenvalue weighted by Crippen LogP contribution is 2.22. The zero-order valence-corrected chi connectivity index (χ0v) is 9.94. The van der Waals surface area contributed by atoms with Crippen LogP contribution in [0.1, 0.15) is 13.8 Å². The van der Waals surface area contributed by atoms with Crippen LogP contribution in [-0.2, 0) is 4.79 Å². The number of nitrogens with two attached hydrogens (primary N) is 1. The third kappa shape index (κ3) is 2.93. The summed E-state index contributed by atoms with van der Waals surface area (Å²) < 4.78 is 13.4. The van der Waals surface area contributed by atoms with E-state index in [0.29, 0.717) is 0 Å². The maximum Gasteiger partial charge on any atom is 0.231 e. The molecule has 1 aromatic carbocycles. The van der Waals surface area contributed by atoms with Gasteiger partial charge in [0.2, 0.25) is 5.91 Å². The molecule has 0 aliphatic carbocycles. The summed E-state index contributed by atoms with van der Waals surface area (Å²) in [4.78, 5) is 11.7. The number of benzene rings is 1. The van der Waals surface area contributed by atoms with Crippen molar-refractivity contribution in [3.8, 4) is 0 Å². The van der Waals surface area contributed by atoms with Gasteiger partial charge in [-0.1, -0.05) is 11.6 Å². The van der Waals surface area contributed by atoms with Gasteiger partial charge in [-0.15, -0.1) is 0 Å². The van der Waals surface area contributed by atoms with E-state index in [0.717, 1.165) is 6.07 Å². The molecule has 0 saturated heterocycles. The van der Waals surface area contributed by atoms with Crippen molar-refractivity contribution in [2.24, 2.45) is 11.1 Å². The van der Waals surface area contributed by atoms with Crippen molar-refractivity contribution in [2.75, 3.05) is 11.9 Å². The Hall–Kier alpha value is -1.13. The number of rotatable bonds is 3. The van der Waals surface area contributed by atoms with E-state index in [9.17, 15) is 9.18 Å². The number of nitrogens with one attached hydrogen (secondary N) is 1. The van der Waals surface area contributed by atoms with Crippen LogP contribution >= 0.6 is 11.6 Å². The molecule has 0 saturated carbocycles. The van der Waals surface area contributed by atoms with Crippen LogP contribution in [0.3, 0.4) is 0 Å². The molecule has 0 fully saturated rings. The molecule has 0 heterocycles. The Kier molecular flexibility index (Phi) is 3.88. The summed E-state index contributed by atoms with van der Waals surface area (Å²) in [6, 6.07) is 4.07. The first-order valence-corrected chi connectivity index (χ1v) is 5.21. The standard InChI is InChI=1S/C11H14ClFN2O/c1-11(2,6-14)10(16)15-9-4-3-7(12)5-8(9)13/h3-5H,6,14H2,1-2H3,(H,15,16). The Balaban J connectivity index is 2.85. The van der Waals surface area contributed by atoms with Crippen molar-refractivity contribution in [3.63, 3.8) is 0 Å².